The van der Waals surface area contributed by atoms with Crippen LogP contribution in [0.2, 0.25) is 0 Å². The second-order valence-corrected chi connectivity index (χ2v) is 7.70. The van der Waals surface area contributed by atoms with E-state index in [2.05, 4.69) is 10.2 Å². The number of aromatic hydroxyl groups is 2. The average Bonchev–Trinajstić information content (AvgIpc) is 3.27. The summed E-state index contributed by atoms with van der Waals surface area (Å²) in [5, 5.41) is 45.6. The Hall–Kier alpha value is -4.60. The van der Waals surface area contributed by atoms with Crippen molar-refractivity contribution in [1.29, 1.82) is 0 Å². The molecule has 0 unspecified atom stereocenters. The minimum absolute atomic E-state index is 0.0489. The molecule has 4 N–H and O–H groups in total. The van der Waals surface area contributed by atoms with Crippen molar-refractivity contribution in [3.05, 3.63) is 82.4 Å². The van der Waals surface area contributed by atoms with E-state index in [1.807, 2.05) is 39.8 Å². The van der Waals surface area contributed by atoms with Crippen molar-refractivity contribution in [2.24, 2.45) is 0 Å². The molecule has 0 spiro atoms. The predicted octanol–water partition coefficient (Wildman–Crippen LogP) is 3.79. The summed E-state index contributed by atoms with van der Waals surface area (Å²) >= 11 is 0. The number of nitrogens with zero attached hydrogens (tertiary/aromatic N) is 4. The normalized spacial score (nSPS) is 10.5. The van der Waals surface area contributed by atoms with Crippen LogP contribution < -0.4 is 0 Å². The lowest BCUT2D eigenvalue weighted by atomic mass is 10.2. The topological polar surface area (TPSA) is 151 Å². The fourth-order valence-electron chi connectivity index (χ4n) is 3.42. The van der Waals surface area contributed by atoms with E-state index in [9.17, 15) is 19.8 Å². The van der Waals surface area contributed by atoms with Crippen molar-refractivity contribution in [3.8, 4) is 22.9 Å². The zero-order chi connectivity index (χ0) is 25.2. The van der Waals surface area contributed by atoms with Crippen molar-refractivity contribution in [1.82, 2.24) is 19.6 Å². The number of rotatable bonds is 4. The molecule has 0 atom stereocenters. The molecule has 0 aliphatic heterocycles. The number of carboxylic acid groups (broad SMARTS) is 2. The number of hydrogen-bond donors (Lipinski definition) is 4. The van der Waals surface area contributed by atoms with Gasteiger partial charge in [-0.3, -0.25) is 0 Å². The number of aryl methyl sites for hydroxylation is 4. The Balaban J connectivity index is 0.000000191. The number of aromatic carboxylic acids is 2. The number of hydrogen-bond acceptors (Lipinski definition) is 6. The molecular formula is C24H24N4O6. The molecular weight excluding hydrogens is 440 g/mol. The summed E-state index contributed by atoms with van der Waals surface area (Å²) in [4.78, 5) is 21.5. The molecule has 4 aromatic rings. The molecule has 4 rings (SSSR count). The van der Waals surface area contributed by atoms with Gasteiger partial charge in [0.1, 0.15) is 22.9 Å². The number of benzene rings is 2. The molecule has 0 bridgehead atoms. The number of carboxylic acids is 2. The molecule has 0 aliphatic rings. The van der Waals surface area contributed by atoms with Crippen LogP contribution in [0.3, 0.4) is 0 Å². The molecule has 0 fully saturated rings. The second-order valence-electron chi connectivity index (χ2n) is 7.70. The first-order chi connectivity index (χ1) is 16.0. The van der Waals surface area contributed by atoms with Gasteiger partial charge in [0.05, 0.1) is 22.5 Å². The quantitative estimate of drug-likeness (QED) is 0.356. The van der Waals surface area contributed by atoms with Gasteiger partial charge in [0, 0.05) is 11.4 Å². The number of phenols is 2. The van der Waals surface area contributed by atoms with Gasteiger partial charge in [-0.25, -0.2) is 19.0 Å². The summed E-state index contributed by atoms with van der Waals surface area (Å²) in [6, 6.07) is 12.1. The van der Waals surface area contributed by atoms with E-state index in [1.165, 1.54) is 36.4 Å². The van der Waals surface area contributed by atoms with E-state index in [1.54, 1.807) is 9.36 Å². The molecule has 176 valence electrons. The fourth-order valence-corrected chi connectivity index (χ4v) is 3.42. The van der Waals surface area contributed by atoms with Crippen LogP contribution in [0.4, 0.5) is 0 Å². The van der Waals surface area contributed by atoms with Crippen LogP contribution in [0.15, 0.2) is 48.5 Å². The van der Waals surface area contributed by atoms with E-state index >= 15 is 0 Å². The van der Waals surface area contributed by atoms with Crippen molar-refractivity contribution in [2.75, 3.05) is 0 Å². The summed E-state index contributed by atoms with van der Waals surface area (Å²) in [5.41, 5.74) is 4.47. The molecule has 34 heavy (non-hydrogen) atoms. The first-order valence-corrected chi connectivity index (χ1v) is 10.2. The Bertz CT molecular complexity index is 1280. The van der Waals surface area contributed by atoms with Gasteiger partial charge in [-0.2, -0.15) is 10.2 Å². The monoisotopic (exact) mass is 464 g/mol. The summed E-state index contributed by atoms with van der Waals surface area (Å²) in [7, 11) is 0. The summed E-state index contributed by atoms with van der Waals surface area (Å²) in [6.45, 7) is 7.44. The van der Waals surface area contributed by atoms with Crippen molar-refractivity contribution in [2.45, 2.75) is 27.7 Å². The molecule has 0 aliphatic carbocycles. The summed E-state index contributed by atoms with van der Waals surface area (Å²) in [6.07, 6.45) is 0. The minimum Gasteiger partial charge on any atom is -0.506 e. The highest BCUT2D eigenvalue weighted by Gasteiger charge is 2.12. The molecule has 0 amide bonds. The first-order valence-electron chi connectivity index (χ1n) is 10.2. The fraction of sp³-hybridized carbons (Fsp3) is 0.167. The van der Waals surface area contributed by atoms with E-state index in [4.69, 9.17) is 10.2 Å². The summed E-state index contributed by atoms with van der Waals surface area (Å²) in [5.74, 6) is -2.34. The van der Waals surface area contributed by atoms with Gasteiger partial charge in [-0.1, -0.05) is 0 Å². The second kappa shape index (κ2) is 9.49. The number of aromatic nitrogens is 4. The lowest BCUT2D eigenvalue weighted by Gasteiger charge is -2.07. The highest BCUT2D eigenvalue weighted by atomic mass is 16.4. The van der Waals surface area contributed by atoms with E-state index in [0.717, 1.165) is 22.8 Å². The predicted molar refractivity (Wildman–Crippen MR) is 123 cm³/mol. The molecule has 2 heterocycles. The maximum absolute atomic E-state index is 10.7. The molecule has 0 saturated heterocycles. The largest absolute Gasteiger partial charge is 0.506 e. The van der Waals surface area contributed by atoms with Gasteiger partial charge in [0.25, 0.3) is 0 Å². The lowest BCUT2D eigenvalue weighted by Crippen LogP contribution is -2.02. The Morgan fingerprint density at radius 1 is 0.647 bits per heavy atom. The van der Waals surface area contributed by atoms with Crippen LogP contribution in [-0.4, -0.2) is 51.9 Å². The van der Waals surface area contributed by atoms with Gasteiger partial charge in [0.2, 0.25) is 0 Å². The Morgan fingerprint density at radius 3 is 1.24 bits per heavy atom. The van der Waals surface area contributed by atoms with Crippen molar-refractivity contribution in [3.63, 3.8) is 0 Å². The third-order valence-electron chi connectivity index (χ3n) is 4.92. The van der Waals surface area contributed by atoms with Crippen LogP contribution >= 0.6 is 0 Å². The maximum atomic E-state index is 10.7. The molecule has 10 nitrogen and oxygen atoms in total. The standard InChI is InChI=1S/2C12H12N2O3/c2*1-7-5-8(2)14(13-7)10-4-3-9(12(16)17)6-11(10)15/h2*3-6,15H,1-2H3,(H,16,17). The maximum Gasteiger partial charge on any atom is 0.335 e. The molecule has 10 heteroatoms. The minimum atomic E-state index is -1.07. The van der Waals surface area contributed by atoms with Gasteiger partial charge >= 0.3 is 11.9 Å². The Labute approximate surface area is 195 Å². The van der Waals surface area contributed by atoms with E-state index in [-0.39, 0.29) is 22.6 Å². The van der Waals surface area contributed by atoms with Crippen LogP contribution in [0.1, 0.15) is 43.5 Å². The number of carbonyl (C=O) groups is 2. The van der Waals surface area contributed by atoms with Gasteiger partial charge in [-0.05, 0) is 76.2 Å². The Kier molecular flexibility index (Phi) is 6.71. The SMILES string of the molecule is Cc1cc(C)n(-c2ccc(C(=O)O)cc2O)n1.Cc1cc(C)n(-c2ccc(C(=O)O)cc2O)n1. The van der Waals surface area contributed by atoms with Crippen LogP contribution in [0.5, 0.6) is 11.5 Å². The summed E-state index contributed by atoms with van der Waals surface area (Å²) < 4.78 is 3.16. The number of phenolic OH excluding ortho intramolecular Hbond substituents is 2. The first kappa shape index (κ1) is 24.1. The third-order valence-corrected chi connectivity index (χ3v) is 4.92. The van der Waals surface area contributed by atoms with Crippen molar-refractivity contribution >= 4 is 11.9 Å². The van der Waals surface area contributed by atoms with Gasteiger partial charge in [-0.15, -0.1) is 0 Å². The highest BCUT2D eigenvalue weighted by Crippen LogP contribution is 2.25. The molecule has 2 aromatic carbocycles. The lowest BCUT2D eigenvalue weighted by molar-refractivity contribution is 0.0685. The third kappa shape index (κ3) is 5.07. The zero-order valence-corrected chi connectivity index (χ0v) is 19.0. The van der Waals surface area contributed by atoms with Crippen molar-refractivity contribution < 1.29 is 30.0 Å². The highest BCUT2D eigenvalue weighted by molar-refractivity contribution is 5.89. The molecule has 2 aromatic heterocycles. The molecule has 0 radical (unpaired) electrons. The zero-order valence-electron chi connectivity index (χ0n) is 19.0. The van der Waals surface area contributed by atoms with E-state index < -0.39 is 11.9 Å². The van der Waals surface area contributed by atoms with Crippen LogP contribution in [-0.2, 0) is 0 Å². The molecule has 0 saturated carbocycles. The Morgan fingerprint density at radius 2 is 1.00 bits per heavy atom. The van der Waals surface area contributed by atoms with Crippen LogP contribution in [0.25, 0.3) is 11.4 Å². The smallest absolute Gasteiger partial charge is 0.335 e. The van der Waals surface area contributed by atoms with Crippen LogP contribution in [0, 0.1) is 27.7 Å². The average molecular weight is 464 g/mol. The van der Waals surface area contributed by atoms with Gasteiger partial charge < -0.3 is 20.4 Å². The van der Waals surface area contributed by atoms with E-state index in [0.29, 0.717) is 11.4 Å². The van der Waals surface area contributed by atoms with Gasteiger partial charge in [0.15, 0.2) is 0 Å².